The van der Waals surface area contributed by atoms with E-state index in [4.69, 9.17) is 4.74 Å². The third kappa shape index (κ3) is 3.44. The number of fused-ring (bicyclic) bond motifs is 1. The molecule has 1 aromatic heterocycles. The summed E-state index contributed by atoms with van der Waals surface area (Å²) in [4.78, 5) is 26.6. The van der Waals surface area contributed by atoms with Gasteiger partial charge in [0.05, 0.1) is 17.9 Å². The number of carbonyl (C=O) groups is 2. The second-order valence-corrected chi connectivity index (χ2v) is 5.78. The molecule has 1 unspecified atom stereocenters. The first kappa shape index (κ1) is 16.4. The number of carbonyl (C=O) groups excluding carboxylic acids is 2. The lowest BCUT2D eigenvalue weighted by Gasteiger charge is -2.19. The molecule has 0 spiro atoms. The van der Waals surface area contributed by atoms with Crippen LogP contribution >= 0.6 is 0 Å². The van der Waals surface area contributed by atoms with Crippen molar-refractivity contribution in [2.75, 3.05) is 27.2 Å². The van der Waals surface area contributed by atoms with Crippen molar-refractivity contribution in [3.8, 4) is 0 Å². The lowest BCUT2D eigenvalue weighted by atomic mass is 9.85. The van der Waals surface area contributed by atoms with Crippen molar-refractivity contribution in [3.63, 3.8) is 0 Å². The van der Waals surface area contributed by atoms with E-state index in [2.05, 4.69) is 10.00 Å². The predicted octanol–water partition coefficient (Wildman–Crippen LogP) is 1.53. The van der Waals surface area contributed by atoms with E-state index in [0.29, 0.717) is 5.56 Å². The molecule has 0 aromatic carbocycles. The van der Waals surface area contributed by atoms with Crippen LogP contribution in [0.4, 0.5) is 0 Å². The van der Waals surface area contributed by atoms with Gasteiger partial charge < -0.3 is 9.64 Å². The lowest BCUT2D eigenvalue weighted by Crippen LogP contribution is -2.23. The number of ether oxygens (including phenoxy) is 1. The largest absolute Gasteiger partial charge is 0.462 e. The number of aryl methyl sites for hydroxylation is 1. The number of rotatable bonds is 6. The number of ketones is 1. The molecule has 1 aliphatic carbocycles. The second-order valence-electron chi connectivity index (χ2n) is 5.78. The highest BCUT2D eigenvalue weighted by Crippen LogP contribution is 2.32. The van der Waals surface area contributed by atoms with Crippen LogP contribution in [-0.2, 0) is 16.6 Å². The van der Waals surface area contributed by atoms with E-state index in [-0.39, 0.29) is 23.9 Å². The SMILES string of the molecule is CCOC(=O)C1=CC(CCCN(C)C)c2nn(C)cc2C1=O. The van der Waals surface area contributed by atoms with E-state index < -0.39 is 5.97 Å². The van der Waals surface area contributed by atoms with Gasteiger partial charge in [-0.1, -0.05) is 6.08 Å². The molecule has 0 amide bonds. The summed E-state index contributed by atoms with van der Waals surface area (Å²) in [5.74, 6) is -0.849. The first-order chi connectivity index (χ1) is 10.4. The molecule has 1 atom stereocenters. The normalized spacial score (nSPS) is 17.4. The Morgan fingerprint density at radius 1 is 1.45 bits per heavy atom. The molecule has 0 N–H and O–H groups in total. The van der Waals surface area contributed by atoms with Crippen LogP contribution in [0.3, 0.4) is 0 Å². The molecule has 1 heterocycles. The molecule has 1 aromatic rings. The van der Waals surface area contributed by atoms with Crippen LogP contribution in [0.15, 0.2) is 17.8 Å². The standard InChI is InChI=1S/C16H23N3O3/c1-5-22-16(21)12-9-11(7-6-8-18(2)3)14-13(15(12)20)10-19(4)17-14/h9-11H,5-8H2,1-4H3. The van der Waals surface area contributed by atoms with Gasteiger partial charge in [-0.15, -0.1) is 0 Å². The van der Waals surface area contributed by atoms with Crippen LogP contribution in [0.1, 0.15) is 41.7 Å². The molecule has 6 nitrogen and oxygen atoms in total. The minimum atomic E-state index is -0.542. The molecule has 0 aliphatic heterocycles. The Morgan fingerprint density at radius 2 is 2.18 bits per heavy atom. The fourth-order valence-electron chi connectivity index (χ4n) is 2.67. The molecular weight excluding hydrogens is 282 g/mol. The van der Waals surface area contributed by atoms with Crippen LogP contribution < -0.4 is 0 Å². The summed E-state index contributed by atoms with van der Waals surface area (Å²) in [5.41, 5.74) is 1.42. The summed E-state index contributed by atoms with van der Waals surface area (Å²) in [6.07, 6.45) is 5.22. The molecule has 0 radical (unpaired) electrons. The Kier molecular flexibility index (Phi) is 5.13. The second kappa shape index (κ2) is 6.87. The van der Waals surface area contributed by atoms with Crippen molar-refractivity contribution in [2.24, 2.45) is 7.05 Å². The molecule has 22 heavy (non-hydrogen) atoms. The Bertz CT molecular complexity index is 602. The van der Waals surface area contributed by atoms with Gasteiger partial charge in [-0.3, -0.25) is 9.48 Å². The molecule has 0 bridgehead atoms. The van der Waals surface area contributed by atoms with Crippen molar-refractivity contribution in [1.29, 1.82) is 0 Å². The van der Waals surface area contributed by atoms with Crippen molar-refractivity contribution in [2.45, 2.75) is 25.7 Å². The Labute approximate surface area is 130 Å². The number of hydrogen-bond donors (Lipinski definition) is 0. The number of nitrogens with zero attached hydrogens (tertiary/aromatic N) is 3. The van der Waals surface area contributed by atoms with E-state index in [0.717, 1.165) is 25.1 Å². The topological polar surface area (TPSA) is 64.4 Å². The molecule has 0 fully saturated rings. The van der Waals surface area contributed by atoms with Crippen molar-refractivity contribution >= 4 is 11.8 Å². The molecule has 120 valence electrons. The smallest absolute Gasteiger partial charge is 0.341 e. The zero-order valence-electron chi connectivity index (χ0n) is 13.6. The fourth-order valence-corrected chi connectivity index (χ4v) is 2.67. The van der Waals surface area contributed by atoms with Crippen LogP contribution in [0.5, 0.6) is 0 Å². The third-order valence-electron chi connectivity index (χ3n) is 3.68. The van der Waals surface area contributed by atoms with Gasteiger partial charge in [0.1, 0.15) is 5.57 Å². The number of aromatic nitrogens is 2. The number of allylic oxidation sites excluding steroid dienone is 1. The summed E-state index contributed by atoms with van der Waals surface area (Å²) in [6, 6.07) is 0. The van der Waals surface area contributed by atoms with E-state index in [9.17, 15) is 9.59 Å². The highest BCUT2D eigenvalue weighted by molar-refractivity contribution is 6.25. The van der Waals surface area contributed by atoms with Crippen molar-refractivity contribution < 1.29 is 14.3 Å². The Hall–Kier alpha value is -1.95. The van der Waals surface area contributed by atoms with E-state index in [1.54, 1.807) is 30.9 Å². The number of Topliss-reactive ketones (excluding diaryl/α,β-unsaturated/α-hetero) is 1. The maximum atomic E-state index is 12.4. The zero-order chi connectivity index (χ0) is 16.3. The molecule has 0 saturated heterocycles. The van der Waals surface area contributed by atoms with Gasteiger partial charge >= 0.3 is 5.97 Å². The average Bonchev–Trinajstić information content (AvgIpc) is 2.83. The number of esters is 1. The molecule has 6 heteroatoms. The quantitative estimate of drug-likeness (QED) is 0.589. The maximum Gasteiger partial charge on any atom is 0.341 e. The van der Waals surface area contributed by atoms with E-state index in [1.165, 1.54) is 0 Å². The summed E-state index contributed by atoms with van der Waals surface area (Å²) in [6.45, 7) is 2.94. The summed E-state index contributed by atoms with van der Waals surface area (Å²) < 4.78 is 6.63. The number of hydrogen-bond acceptors (Lipinski definition) is 5. The predicted molar refractivity (Wildman–Crippen MR) is 82.8 cm³/mol. The summed E-state index contributed by atoms with van der Waals surface area (Å²) in [5, 5.41) is 4.41. The molecule has 1 aliphatic rings. The minimum absolute atomic E-state index is 0.0201. The van der Waals surface area contributed by atoms with Crippen molar-refractivity contribution in [1.82, 2.24) is 14.7 Å². The van der Waals surface area contributed by atoms with E-state index >= 15 is 0 Å². The van der Waals surface area contributed by atoms with Crippen LogP contribution in [0.2, 0.25) is 0 Å². The lowest BCUT2D eigenvalue weighted by molar-refractivity contribution is -0.138. The maximum absolute atomic E-state index is 12.4. The fraction of sp³-hybridized carbons (Fsp3) is 0.562. The molecular formula is C16H23N3O3. The minimum Gasteiger partial charge on any atom is -0.462 e. The highest BCUT2D eigenvalue weighted by Gasteiger charge is 2.33. The van der Waals surface area contributed by atoms with Crippen LogP contribution in [0, 0.1) is 0 Å². The van der Waals surface area contributed by atoms with Crippen LogP contribution in [-0.4, -0.2) is 53.7 Å². The zero-order valence-corrected chi connectivity index (χ0v) is 13.6. The summed E-state index contributed by atoms with van der Waals surface area (Å²) >= 11 is 0. The van der Waals surface area contributed by atoms with Crippen LogP contribution in [0.25, 0.3) is 0 Å². The molecule has 2 rings (SSSR count). The van der Waals surface area contributed by atoms with Gasteiger partial charge in [-0.25, -0.2) is 4.79 Å². The highest BCUT2D eigenvalue weighted by atomic mass is 16.5. The van der Waals surface area contributed by atoms with E-state index in [1.807, 2.05) is 14.1 Å². The summed E-state index contributed by atoms with van der Waals surface area (Å²) in [7, 11) is 5.83. The van der Waals surface area contributed by atoms with Gasteiger partial charge in [0.15, 0.2) is 0 Å². The van der Waals surface area contributed by atoms with Gasteiger partial charge in [-0.05, 0) is 40.4 Å². The average molecular weight is 305 g/mol. The first-order valence-corrected chi connectivity index (χ1v) is 7.56. The third-order valence-corrected chi connectivity index (χ3v) is 3.68. The van der Waals surface area contributed by atoms with Gasteiger partial charge in [0.2, 0.25) is 5.78 Å². The van der Waals surface area contributed by atoms with Gasteiger partial charge in [0, 0.05) is 19.2 Å². The molecule has 0 saturated carbocycles. The van der Waals surface area contributed by atoms with Gasteiger partial charge in [0.25, 0.3) is 0 Å². The monoisotopic (exact) mass is 305 g/mol. The Balaban J connectivity index is 2.27. The van der Waals surface area contributed by atoms with Crippen molar-refractivity contribution in [3.05, 3.63) is 29.1 Å². The Morgan fingerprint density at radius 3 is 2.82 bits per heavy atom. The first-order valence-electron chi connectivity index (χ1n) is 7.56. The van der Waals surface area contributed by atoms with Gasteiger partial charge in [-0.2, -0.15) is 5.10 Å².